The molecule has 0 unspecified atom stereocenters. The van der Waals surface area contributed by atoms with Crippen molar-refractivity contribution in [3.63, 3.8) is 0 Å². The summed E-state index contributed by atoms with van der Waals surface area (Å²) in [6.45, 7) is 0.584. The molecule has 0 aromatic heterocycles. The minimum absolute atomic E-state index is 0.188. The number of hydrogen-bond acceptors (Lipinski definition) is 2. The predicted molar refractivity (Wildman–Crippen MR) is 63.0 cm³/mol. The Bertz CT molecular complexity index is 365. The van der Waals surface area contributed by atoms with Gasteiger partial charge in [0.2, 0.25) is 0 Å². The van der Waals surface area contributed by atoms with Crippen LogP contribution in [0.5, 0.6) is 0 Å². The quantitative estimate of drug-likeness (QED) is 0.800. The first kappa shape index (κ1) is 14.8. The van der Waals surface area contributed by atoms with Crippen molar-refractivity contribution in [1.29, 1.82) is 0 Å². The first-order valence-corrected chi connectivity index (χ1v) is 5.70. The molecule has 0 saturated carbocycles. The average Bonchev–Trinajstić information content (AvgIpc) is 2.28. The molecule has 0 fully saturated rings. The van der Waals surface area contributed by atoms with Gasteiger partial charge in [0.25, 0.3) is 0 Å². The first-order valence-electron chi connectivity index (χ1n) is 5.70. The maximum Gasteiger partial charge on any atom is 0.390 e. The number of nitrogens with zero attached hydrogens (tertiary/aromatic N) is 1. The highest BCUT2D eigenvalue weighted by atomic mass is 19.4. The minimum atomic E-state index is -4.21. The van der Waals surface area contributed by atoms with E-state index in [1.165, 1.54) is 23.1 Å². The molecule has 0 aliphatic carbocycles. The van der Waals surface area contributed by atoms with E-state index in [4.69, 9.17) is 5.73 Å². The fourth-order valence-corrected chi connectivity index (χ4v) is 1.59. The molecule has 0 bridgehead atoms. The number of nitrogens with two attached hydrogens (primary N) is 1. The molecule has 0 heterocycles. The summed E-state index contributed by atoms with van der Waals surface area (Å²) < 4.78 is 49.7. The summed E-state index contributed by atoms with van der Waals surface area (Å²) in [4.78, 5) is 1.50. The van der Waals surface area contributed by atoms with Crippen molar-refractivity contribution in [3.8, 4) is 0 Å². The van der Waals surface area contributed by atoms with Crippen LogP contribution in [0, 0.1) is 5.82 Å². The monoisotopic (exact) mass is 264 g/mol. The van der Waals surface area contributed by atoms with Crippen LogP contribution in [0.25, 0.3) is 0 Å². The molecule has 2 N–H and O–H groups in total. The van der Waals surface area contributed by atoms with Gasteiger partial charge in [0.15, 0.2) is 0 Å². The topological polar surface area (TPSA) is 29.3 Å². The Balaban J connectivity index is 2.71. The van der Waals surface area contributed by atoms with Crippen molar-refractivity contribution in [2.75, 3.05) is 24.5 Å². The maximum absolute atomic E-state index is 13.1. The Morgan fingerprint density at radius 3 is 2.44 bits per heavy atom. The third-order valence-corrected chi connectivity index (χ3v) is 2.47. The van der Waals surface area contributed by atoms with E-state index in [9.17, 15) is 17.6 Å². The molecule has 18 heavy (non-hydrogen) atoms. The van der Waals surface area contributed by atoms with Crippen LogP contribution in [0.15, 0.2) is 24.3 Å². The molecule has 1 aromatic rings. The van der Waals surface area contributed by atoms with E-state index in [1.807, 2.05) is 0 Å². The van der Waals surface area contributed by atoms with E-state index in [2.05, 4.69) is 0 Å². The van der Waals surface area contributed by atoms with Gasteiger partial charge >= 0.3 is 6.18 Å². The van der Waals surface area contributed by atoms with Gasteiger partial charge < -0.3 is 10.6 Å². The smallest absolute Gasteiger partial charge is 0.371 e. The predicted octanol–water partition coefficient (Wildman–Crippen LogP) is 2.93. The summed E-state index contributed by atoms with van der Waals surface area (Å²) in [6.07, 6.45) is -4.57. The third-order valence-electron chi connectivity index (χ3n) is 2.47. The van der Waals surface area contributed by atoms with Crippen molar-refractivity contribution in [2.24, 2.45) is 5.73 Å². The lowest BCUT2D eigenvalue weighted by molar-refractivity contribution is -0.132. The second-order valence-electron chi connectivity index (χ2n) is 3.97. The molecule has 1 rings (SSSR count). The Kier molecular flexibility index (Phi) is 5.40. The summed E-state index contributed by atoms with van der Waals surface area (Å²) in [7, 11) is 0. The van der Waals surface area contributed by atoms with E-state index in [0.29, 0.717) is 25.2 Å². The van der Waals surface area contributed by atoms with Gasteiger partial charge in [-0.1, -0.05) is 6.07 Å². The van der Waals surface area contributed by atoms with Crippen LogP contribution in [0.1, 0.15) is 12.8 Å². The zero-order valence-corrected chi connectivity index (χ0v) is 9.88. The second kappa shape index (κ2) is 6.58. The molecule has 0 spiro atoms. The second-order valence-corrected chi connectivity index (χ2v) is 3.97. The summed E-state index contributed by atoms with van der Waals surface area (Å²) in [5, 5.41) is 0. The maximum atomic E-state index is 13.1. The molecular formula is C12H16F4N2. The molecule has 1 aromatic carbocycles. The van der Waals surface area contributed by atoms with Crippen molar-refractivity contribution in [1.82, 2.24) is 0 Å². The summed E-state index contributed by atoms with van der Waals surface area (Å²) in [5.41, 5.74) is 5.80. The Morgan fingerprint density at radius 1 is 1.17 bits per heavy atom. The SMILES string of the molecule is NCCCN(CCC(F)(F)F)c1cccc(F)c1. The van der Waals surface area contributed by atoms with Crippen LogP contribution >= 0.6 is 0 Å². The van der Waals surface area contributed by atoms with E-state index >= 15 is 0 Å². The number of halogens is 4. The zero-order chi connectivity index (χ0) is 13.6. The van der Waals surface area contributed by atoms with Gasteiger partial charge in [0, 0.05) is 18.8 Å². The van der Waals surface area contributed by atoms with Crippen LogP contribution in [0.2, 0.25) is 0 Å². The van der Waals surface area contributed by atoms with Gasteiger partial charge in [-0.15, -0.1) is 0 Å². The van der Waals surface area contributed by atoms with E-state index < -0.39 is 18.4 Å². The molecule has 0 atom stereocenters. The number of benzene rings is 1. The lowest BCUT2D eigenvalue weighted by Gasteiger charge is -2.25. The molecule has 0 saturated heterocycles. The lowest BCUT2D eigenvalue weighted by Crippen LogP contribution is -2.30. The number of rotatable bonds is 6. The van der Waals surface area contributed by atoms with Gasteiger partial charge in [0.05, 0.1) is 6.42 Å². The van der Waals surface area contributed by atoms with E-state index in [1.54, 1.807) is 6.07 Å². The number of anilines is 1. The van der Waals surface area contributed by atoms with Crippen LogP contribution in [-0.4, -0.2) is 25.8 Å². The fraction of sp³-hybridized carbons (Fsp3) is 0.500. The normalized spacial score (nSPS) is 11.6. The van der Waals surface area contributed by atoms with Crippen molar-refractivity contribution < 1.29 is 17.6 Å². The van der Waals surface area contributed by atoms with Crippen molar-refractivity contribution in [3.05, 3.63) is 30.1 Å². The Morgan fingerprint density at radius 2 is 1.89 bits per heavy atom. The third kappa shape index (κ3) is 5.35. The highest BCUT2D eigenvalue weighted by Crippen LogP contribution is 2.23. The van der Waals surface area contributed by atoms with Gasteiger partial charge in [-0.2, -0.15) is 13.2 Å². The molecule has 0 amide bonds. The Hall–Kier alpha value is -1.30. The van der Waals surface area contributed by atoms with Gasteiger partial charge in [0.1, 0.15) is 5.82 Å². The molecule has 0 aliphatic heterocycles. The highest BCUT2D eigenvalue weighted by Gasteiger charge is 2.27. The molecule has 6 heteroatoms. The van der Waals surface area contributed by atoms with E-state index in [0.717, 1.165) is 0 Å². The largest absolute Gasteiger partial charge is 0.390 e. The van der Waals surface area contributed by atoms with Gasteiger partial charge in [-0.3, -0.25) is 0 Å². The Labute approximate surface area is 103 Å². The molecule has 2 nitrogen and oxygen atoms in total. The number of hydrogen-bond donors (Lipinski definition) is 1. The minimum Gasteiger partial charge on any atom is -0.371 e. The standard InChI is InChI=1S/C12H16F4N2/c13-10-3-1-4-11(9-10)18(7-2-6-17)8-5-12(14,15)16/h1,3-4,9H,2,5-8,17H2. The van der Waals surface area contributed by atoms with Crippen molar-refractivity contribution >= 4 is 5.69 Å². The van der Waals surface area contributed by atoms with Crippen LogP contribution in [0.3, 0.4) is 0 Å². The molecule has 0 aliphatic rings. The van der Waals surface area contributed by atoms with Gasteiger partial charge in [-0.25, -0.2) is 4.39 Å². The van der Waals surface area contributed by atoms with Crippen LogP contribution in [-0.2, 0) is 0 Å². The fourth-order valence-electron chi connectivity index (χ4n) is 1.59. The average molecular weight is 264 g/mol. The summed E-state index contributed by atoms with van der Waals surface area (Å²) in [5.74, 6) is -0.461. The zero-order valence-electron chi connectivity index (χ0n) is 9.88. The highest BCUT2D eigenvalue weighted by molar-refractivity contribution is 5.46. The molecule has 0 radical (unpaired) electrons. The number of alkyl halides is 3. The van der Waals surface area contributed by atoms with Crippen LogP contribution < -0.4 is 10.6 Å². The molecule has 102 valence electrons. The van der Waals surface area contributed by atoms with Gasteiger partial charge in [-0.05, 0) is 31.2 Å². The molecular weight excluding hydrogens is 248 g/mol. The van der Waals surface area contributed by atoms with E-state index in [-0.39, 0.29) is 6.54 Å². The lowest BCUT2D eigenvalue weighted by atomic mass is 10.2. The summed E-state index contributed by atoms with van der Waals surface area (Å²) in [6, 6.07) is 5.56. The summed E-state index contributed by atoms with van der Waals surface area (Å²) >= 11 is 0. The first-order chi connectivity index (χ1) is 8.42. The van der Waals surface area contributed by atoms with Crippen molar-refractivity contribution in [2.45, 2.75) is 19.0 Å². The van der Waals surface area contributed by atoms with Crippen LogP contribution in [0.4, 0.5) is 23.2 Å².